The highest BCUT2D eigenvalue weighted by atomic mass is 16.5. The molecule has 2 aromatic carbocycles. The summed E-state index contributed by atoms with van der Waals surface area (Å²) in [6.07, 6.45) is 1.61. The zero-order valence-corrected chi connectivity index (χ0v) is 18.0. The first-order chi connectivity index (χ1) is 14.5. The minimum atomic E-state index is -0.207. The Balaban J connectivity index is 1.61. The number of rotatable bonds is 9. The summed E-state index contributed by atoms with van der Waals surface area (Å²) in [5.74, 6) is 2.39. The van der Waals surface area contributed by atoms with Crippen molar-refractivity contribution in [2.45, 2.75) is 32.7 Å². The molecule has 1 heterocycles. The van der Waals surface area contributed by atoms with Gasteiger partial charge in [0.15, 0.2) is 11.5 Å². The zero-order valence-electron chi connectivity index (χ0n) is 18.0. The van der Waals surface area contributed by atoms with E-state index in [1.807, 2.05) is 42.5 Å². The number of H-pyrrole nitrogens is 1. The van der Waals surface area contributed by atoms with Crippen molar-refractivity contribution in [1.29, 1.82) is 0 Å². The molecule has 0 bridgehead atoms. The lowest BCUT2D eigenvalue weighted by atomic mass is 9.99. The minimum Gasteiger partial charge on any atom is -0.493 e. The topological polar surface area (TPSA) is 88.3 Å². The molecule has 0 radical (unpaired) electrons. The molecule has 7 heteroatoms. The molecular formula is C23H30N4O3. The Labute approximate surface area is 177 Å². The van der Waals surface area contributed by atoms with E-state index >= 15 is 0 Å². The number of benzene rings is 2. The summed E-state index contributed by atoms with van der Waals surface area (Å²) in [6, 6.07) is 13.2. The van der Waals surface area contributed by atoms with Crippen molar-refractivity contribution < 1.29 is 14.3 Å². The Hall–Kier alpha value is -3.22. The Kier molecular flexibility index (Phi) is 7.17. The van der Waals surface area contributed by atoms with Crippen LogP contribution >= 0.6 is 0 Å². The maximum atomic E-state index is 12.6. The van der Waals surface area contributed by atoms with Gasteiger partial charge in [0.05, 0.1) is 31.3 Å². The van der Waals surface area contributed by atoms with Gasteiger partial charge in [-0.15, -0.1) is 0 Å². The summed E-state index contributed by atoms with van der Waals surface area (Å²) < 4.78 is 10.6. The Morgan fingerprint density at radius 2 is 1.90 bits per heavy atom. The number of aromatic amines is 1. The van der Waals surface area contributed by atoms with Crippen LogP contribution in [0.15, 0.2) is 42.5 Å². The molecule has 0 unspecified atom stereocenters. The van der Waals surface area contributed by atoms with Crippen LogP contribution in [0.2, 0.25) is 0 Å². The summed E-state index contributed by atoms with van der Waals surface area (Å²) in [7, 11) is 3.22. The van der Waals surface area contributed by atoms with Crippen LogP contribution in [0.5, 0.6) is 11.5 Å². The average molecular weight is 411 g/mol. The fourth-order valence-electron chi connectivity index (χ4n) is 3.38. The maximum Gasteiger partial charge on any atom is 0.315 e. The van der Waals surface area contributed by atoms with E-state index in [1.54, 1.807) is 14.2 Å². The van der Waals surface area contributed by atoms with Crippen molar-refractivity contribution in [3.05, 3.63) is 53.9 Å². The molecule has 160 valence electrons. The van der Waals surface area contributed by atoms with Gasteiger partial charge in [-0.2, -0.15) is 0 Å². The van der Waals surface area contributed by atoms with Crippen molar-refractivity contribution in [1.82, 2.24) is 20.6 Å². The number of imidazole rings is 1. The number of nitrogens with zero attached hydrogens (tertiary/aromatic N) is 1. The largest absolute Gasteiger partial charge is 0.493 e. The quantitative estimate of drug-likeness (QED) is 0.493. The van der Waals surface area contributed by atoms with Gasteiger partial charge >= 0.3 is 6.03 Å². The van der Waals surface area contributed by atoms with Crippen molar-refractivity contribution in [3.63, 3.8) is 0 Å². The number of ether oxygens (including phenoxy) is 2. The second-order valence-electron chi connectivity index (χ2n) is 7.34. The average Bonchev–Trinajstić information content (AvgIpc) is 3.20. The predicted octanol–water partition coefficient (Wildman–Crippen LogP) is 4.21. The number of carbonyl (C=O) groups is 1. The summed E-state index contributed by atoms with van der Waals surface area (Å²) in [6.45, 7) is 4.73. The number of hydrogen-bond acceptors (Lipinski definition) is 4. The second kappa shape index (κ2) is 10.0. The van der Waals surface area contributed by atoms with Crippen LogP contribution in [0.3, 0.4) is 0 Å². The Morgan fingerprint density at radius 3 is 2.60 bits per heavy atom. The molecular weight excluding hydrogens is 380 g/mol. The van der Waals surface area contributed by atoms with E-state index in [0.717, 1.165) is 28.8 Å². The van der Waals surface area contributed by atoms with Gasteiger partial charge in [0, 0.05) is 6.54 Å². The summed E-state index contributed by atoms with van der Waals surface area (Å²) in [5.41, 5.74) is 2.93. The van der Waals surface area contributed by atoms with Crippen molar-refractivity contribution in [2.24, 2.45) is 5.92 Å². The van der Waals surface area contributed by atoms with Crippen LogP contribution < -0.4 is 20.1 Å². The van der Waals surface area contributed by atoms with E-state index < -0.39 is 0 Å². The normalized spacial score (nSPS) is 12.9. The smallest absolute Gasteiger partial charge is 0.315 e. The van der Waals surface area contributed by atoms with Crippen molar-refractivity contribution in [3.8, 4) is 11.5 Å². The number of methoxy groups -OCH3 is 2. The lowest BCUT2D eigenvalue weighted by Gasteiger charge is -2.22. The zero-order chi connectivity index (χ0) is 21.5. The molecule has 30 heavy (non-hydrogen) atoms. The van der Waals surface area contributed by atoms with Crippen molar-refractivity contribution in [2.75, 3.05) is 20.8 Å². The molecule has 0 saturated carbocycles. The molecule has 0 aliphatic rings. The Morgan fingerprint density at radius 1 is 1.13 bits per heavy atom. The minimum absolute atomic E-state index is 0.191. The number of hydrogen-bond donors (Lipinski definition) is 3. The third kappa shape index (κ3) is 5.03. The predicted molar refractivity (Wildman–Crippen MR) is 118 cm³/mol. The molecule has 0 aliphatic carbocycles. The molecule has 0 aliphatic heterocycles. The molecule has 2 amide bonds. The number of para-hydroxylation sites is 2. The van der Waals surface area contributed by atoms with E-state index in [-0.39, 0.29) is 18.0 Å². The highest BCUT2D eigenvalue weighted by Gasteiger charge is 2.23. The highest BCUT2D eigenvalue weighted by Crippen LogP contribution is 2.27. The van der Waals surface area contributed by atoms with Crippen LogP contribution in [0, 0.1) is 5.92 Å². The van der Waals surface area contributed by atoms with Gasteiger partial charge in [-0.1, -0.05) is 38.5 Å². The van der Waals surface area contributed by atoms with Gasteiger partial charge in [0.2, 0.25) is 0 Å². The number of urea groups is 1. The van der Waals surface area contributed by atoms with E-state index in [0.29, 0.717) is 24.5 Å². The first-order valence-corrected chi connectivity index (χ1v) is 10.3. The van der Waals surface area contributed by atoms with Crippen LogP contribution in [-0.4, -0.2) is 36.8 Å². The molecule has 0 saturated heterocycles. The number of nitrogens with one attached hydrogen (secondary N) is 3. The Bertz CT molecular complexity index is 952. The number of fused-ring (bicyclic) bond motifs is 1. The van der Waals surface area contributed by atoms with Crippen molar-refractivity contribution >= 4 is 17.1 Å². The molecule has 3 aromatic rings. The molecule has 2 atom stereocenters. The fraction of sp³-hybridized carbons (Fsp3) is 0.391. The van der Waals surface area contributed by atoms with Crippen LogP contribution in [0.25, 0.3) is 11.0 Å². The summed E-state index contributed by atoms with van der Waals surface area (Å²) in [5, 5.41) is 6.03. The van der Waals surface area contributed by atoms with Gasteiger partial charge in [-0.05, 0) is 42.2 Å². The molecule has 1 aromatic heterocycles. The van der Waals surface area contributed by atoms with E-state index in [2.05, 4.69) is 34.4 Å². The summed E-state index contributed by atoms with van der Waals surface area (Å²) >= 11 is 0. The number of aromatic nitrogens is 2. The monoisotopic (exact) mass is 410 g/mol. The number of amides is 2. The third-order valence-electron chi connectivity index (χ3n) is 5.35. The molecule has 0 spiro atoms. The van der Waals surface area contributed by atoms with Gasteiger partial charge < -0.3 is 25.1 Å². The third-order valence-corrected chi connectivity index (χ3v) is 5.35. The highest BCUT2D eigenvalue weighted by molar-refractivity contribution is 5.76. The first kappa shape index (κ1) is 21.5. The first-order valence-electron chi connectivity index (χ1n) is 10.3. The van der Waals surface area contributed by atoms with E-state index in [4.69, 9.17) is 9.47 Å². The second-order valence-corrected chi connectivity index (χ2v) is 7.34. The fourth-order valence-corrected chi connectivity index (χ4v) is 3.38. The SMILES string of the molecule is CC[C@@H](C)[C@H](NC(=O)NCCc1ccc(OC)c(OC)c1)c1nc2ccccc2[nH]1. The maximum absolute atomic E-state index is 12.6. The van der Waals surface area contributed by atoms with Gasteiger partial charge in [0.1, 0.15) is 5.82 Å². The molecule has 7 nitrogen and oxygen atoms in total. The molecule has 0 fully saturated rings. The molecule has 3 rings (SSSR count). The number of carbonyl (C=O) groups excluding carboxylic acids is 1. The van der Waals surface area contributed by atoms with E-state index in [1.165, 1.54) is 0 Å². The van der Waals surface area contributed by atoms with Crippen LogP contribution in [0.4, 0.5) is 4.79 Å². The van der Waals surface area contributed by atoms with Gasteiger partial charge in [0.25, 0.3) is 0 Å². The van der Waals surface area contributed by atoms with Crippen LogP contribution in [-0.2, 0) is 6.42 Å². The van der Waals surface area contributed by atoms with Crippen LogP contribution in [0.1, 0.15) is 37.7 Å². The lowest BCUT2D eigenvalue weighted by molar-refractivity contribution is 0.230. The summed E-state index contributed by atoms with van der Waals surface area (Å²) in [4.78, 5) is 20.6. The molecule has 3 N–H and O–H groups in total. The lowest BCUT2D eigenvalue weighted by Crippen LogP contribution is -2.41. The standard InChI is InChI=1S/C23H30N4O3/c1-5-15(2)21(22-25-17-8-6-7-9-18(17)26-22)27-23(28)24-13-12-16-10-11-19(29-3)20(14-16)30-4/h6-11,14-15,21H,5,12-13H2,1-4H3,(H,25,26)(H2,24,27,28)/t15-,21+/m1/s1. The van der Waals surface area contributed by atoms with Gasteiger partial charge in [-0.25, -0.2) is 9.78 Å². The van der Waals surface area contributed by atoms with Gasteiger partial charge in [-0.3, -0.25) is 0 Å². The van der Waals surface area contributed by atoms with E-state index in [9.17, 15) is 4.79 Å².